The molecule has 2 heterocycles. The zero-order valence-corrected chi connectivity index (χ0v) is 8.82. The van der Waals surface area contributed by atoms with Crippen molar-refractivity contribution < 1.29 is 14.6 Å². The number of amides is 1. The van der Waals surface area contributed by atoms with Crippen LogP contribution in [0.3, 0.4) is 0 Å². The number of ether oxygens (including phenoxy) is 1. The molecular weight excluding hydrogens is 194 g/mol. The molecule has 0 aromatic heterocycles. The maximum absolute atomic E-state index is 11.9. The van der Waals surface area contributed by atoms with Gasteiger partial charge < -0.3 is 14.7 Å². The minimum absolute atomic E-state index is 0.00866. The third-order valence-corrected chi connectivity index (χ3v) is 2.98. The molecule has 0 radical (unpaired) electrons. The molecule has 0 aliphatic carbocycles. The van der Waals surface area contributed by atoms with Gasteiger partial charge in [-0.25, -0.2) is 0 Å². The Morgan fingerprint density at radius 1 is 1.67 bits per heavy atom. The first kappa shape index (κ1) is 10.5. The number of hydrogen-bond donors (Lipinski definition) is 1. The van der Waals surface area contributed by atoms with E-state index in [1.165, 1.54) is 0 Å². The molecule has 4 heteroatoms. The van der Waals surface area contributed by atoms with E-state index >= 15 is 0 Å². The quantitative estimate of drug-likeness (QED) is 0.724. The number of aliphatic hydroxyl groups is 1. The molecule has 1 unspecified atom stereocenters. The lowest BCUT2D eigenvalue weighted by atomic mass is 10.1. The van der Waals surface area contributed by atoms with Gasteiger partial charge in [-0.2, -0.15) is 0 Å². The highest BCUT2D eigenvalue weighted by molar-refractivity contribution is 5.91. The summed E-state index contributed by atoms with van der Waals surface area (Å²) in [5.41, 5.74) is 0. The van der Waals surface area contributed by atoms with Gasteiger partial charge in [-0.1, -0.05) is 0 Å². The van der Waals surface area contributed by atoms with Crippen LogP contribution in [0.2, 0.25) is 0 Å². The van der Waals surface area contributed by atoms with E-state index in [-0.39, 0.29) is 18.4 Å². The Balaban J connectivity index is 1.93. The number of likely N-dealkylation sites (tertiary alicyclic amines) is 1. The summed E-state index contributed by atoms with van der Waals surface area (Å²) in [6.45, 7) is 2.22. The molecule has 2 aliphatic rings. The fourth-order valence-corrected chi connectivity index (χ4v) is 2.03. The van der Waals surface area contributed by atoms with Crippen LogP contribution in [-0.2, 0) is 9.53 Å². The van der Waals surface area contributed by atoms with Crippen molar-refractivity contribution in [3.05, 3.63) is 11.8 Å². The van der Waals surface area contributed by atoms with Gasteiger partial charge in [0.05, 0.1) is 6.61 Å². The molecule has 0 saturated carbocycles. The standard InChI is InChI=1S/C11H17NO3/c13-8-9-4-5-12(7-9)11(14)10-3-1-2-6-15-10/h3,9,13H,1-2,4-8H2. The van der Waals surface area contributed by atoms with E-state index in [0.29, 0.717) is 18.9 Å². The maximum atomic E-state index is 11.9. The monoisotopic (exact) mass is 211 g/mol. The van der Waals surface area contributed by atoms with Crippen LogP contribution in [0.4, 0.5) is 0 Å². The zero-order chi connectivity index (χ0) is 10.7. The highest BCUT2D eigenvalue weighted by atomic mass is 16.5. The average molecular weight is 211 g/mol. The van der Waals surface area contributed by atoms with E-state index in [1.807, 2.05) is 6.08 Å². The highest BCUT2D eigenvalue weighted by Crippen LogP contribution is 2.20. The fourth-order valence-electron chi connectivity index (χ4n) is 2.03. The highest BCUT2D eigenvalue weighted by Gasteiger charge is 2.28. The predicted octanol–water partition coefficient (Wildman–Crippen LogP) is 0.521. The Bertz CT molecular complexity index is 275. The molecular formula is C11H17NO3. The SMILES string of the molecule is O=C(C1=CCCCO1)N1CCC(CO)C1. The smallest absolute Gasteiger partial charge is 0.288 e. The first-order valence-corrected chi connectivity index (χ1v) is 5.54. The van der Waals surface area contributed by atoms with E-state index < -0.39 is 0 Å². The lowest BCUT2D eigenvalue weighted by Gasteiger charge is -2.20. The minimum Gasteiger partial charge on any atom is -0.488 e. The summed E-state index contributed by atoms with van der Waals surface area (Å²) in [5.74, 6) is 0.739. The van der Waals surface area contributed by atoms with Gasteiger partial charge in [0.2, 0.25) is 0 Å². The van der Waals surface area contributed by atoms with Crippen LogP contribution in [-0.4, -0.2) is 42.2 Å². The largest absolute Gasteiger partial charge is 0.488 e. The Morgan fingerprint density at radius 2 is 2.53 bits per heavy atom. The Hall–Kier alpha value is -1.03. The Kier molecular flexibility index (Phi) is 3.26. The molecule has 2 aliphatic heterocycles. The number of nitrogens with zero attached hydrogens (tertiary/aromatic N) is 1. The second-order valence-corrected chi connectivity index (χ2v) is 4.15. The summed E-state index contributed by atoms with van der Waals surface area (Å²) in [6.07, 6.45) is 4.70. The number of aliphatic hydroxyl groups excluding tert-OH is 1. The number of carbonyl (C=O) groups is 1. The van der Waals surface area contributed by atoms with Crippen LogP contribution < -0.4 is 0 Å². The van der Waals surface area contributed by atoms with E-state index in [9.17, 15) is 4.79 Å². The Morgan fingerprint density at radius 3 is 3.13 bits per heavy atom. The summed E-state index contributed by atoms with van der Waals surface area (Å²) in [6, 6.07) is 0. The fraction of sp³-hybridized carbons (Fsp3) is 0.727. The molecule has 2 rings (SSSR count). The summed E-state index contributed by atoms with van der Waals surface area (Å²) in [5, 5.41) is 8.99. The summed E-state index contributed by atoms with van der Waals surface area (Å²) < 4.78 is 5.33. The molecule has 15 heavy (non-hydrogen) atoms. The molecule has 1 atom stereocenters. The van der Waals surface area contributed by atoms with Crippen molar-refractivity contribution in [2.75, 3.05) is 26.3 Å². The van der Waals surface area contributed by atoms with Crippen molar-refractivity contribution in [3.8, 4) is 0 Å². The van der Waals surface area contributed by atoms with Crippen LogP contribution in [0.5, 0.6) is 0 Å². The molecule has 4 nitrogen and oxygen atoms in total. The molecule has 0 aromatic carbocycles. The van der Waals surface area contributed by atoms with Crippen molar-refractivity contribution >= 4 is 5.91 Å². The zero-order valence-electron chi connectivity index (χ0n) is 8.82. The van der Waals surface area contributed by atoms with E-state index in [2.05, 4.69) is 0 Å². The molecule has 0 aromatic rings. The summed E-state index contributed by atoms with van der Waals surface area (Å²) >= 11 is 0. The van der Waals surface area contributed by atoms with Gasteiger partial charge in [-0.3, -0.25) is 4.79 Å². The van der Waals surface area contributed by atoms with E-state index in [4.69, 9.17) is 9.84 Å². The molecule has 0 spiro atoms. The van der Waals surface area contributed by atoms with Crippen molar-refractivity contribution in [1.82, 2.24) is 4.90 Å². The van der Waals surface area contributed by atoms with Crippen molar-refractivity contribution in [2.45, 2.75) is 19.3 Å². The van der Waals surface area contributed by atoms with Gasteiger partial charge >= 0.3 is 0 Å². The van der Waals surface area contributed by atoms with Gasteiger partial charge in [0.25, 0.3) is 5.91 Å². The van der Waals surface area contributed by atoms with Crippen LogP contribution in [0, 0.1) is 5.92 Å². The topological polar surface area (TPSA) is 49.8 Å². The van der Waals surface area contributed by atoms with Gasteiger partial charge in [-0.15, -0.1) is 0 Å². The minimum atomic E-state index is -0.00866. The van der Waals surface area contributed by atoms with Gasteiger partial charge in [0.15, 0.2) is 5.76 Å². The lowest BCUT2D eigenvalue weighted by Crippen LogP contribution is -2.32. The normalized spacial score (nSPS) is 26.1. The van der Waals surface area contributed by atoms with Crippen molar-refractivity contribution in [1.29, 1.82) is 0 Å². The van der Waals surface area contributed by atoms with Crippen LogP contribution >= 0.6 is 0 Å². The van der Waals surface area contributed by atoms with E-state index in [0.717, 1.165) is 25.8 Å². The van der Waals surface area contributed by atoms with Crippen LogP contribution in [0.1, 0.15) is 19.3 Å². The average Bonchev–Trinajstić information content (AvgIpc) is 2.78. The molecule has 1 fully saturated rings. The third-order valence-electron chi connectivity index (χ3n) is 2.98. The number of rotatable bonds is 2. The first-order valence-electron chi connectivity index (χ1n) is 5.54. The van der Waals surface area contributed by atoms with Gasteiger partial charge in [0.1, 0.15) is 0 Å². The first-order chi connectivity index (χ1) is 7.31. The van der Waals surface area contributed by atoms with Crippen molar-refractivity contribution in [2.24, 2.45) is 5.92 Å². The molecule has 1 saturated heterocycles. The molecule has 1 N–H and O–H groups in total. The second kappa shape index (κ2) is 4.66. The number of hydrogen-bond acceptors (Lipinski definition) is 3. The predicted molar refractivity (Wildman–Crippen MR) is 55.0 cm³/mol. The molecule has 1 amide bonds. The summed E-state index contributed by atoms with van der Waals surface area (Å²) in [7, 11) is 0. The number of allylic oxidation sites excluding steroid dienone is 1. The summed E-state index contributed by atoms with van der Waals surface area (Å²) in [4.78, 5) is 13.7. The molecule has 84 valence electrons. The second-order valence-electron chi connectivity index (χ2n) is 4.15. The van der Waals surface area contributed by atoms with Crippen molar-refractivity contribution in [3.63, 3.8) is 0 Å². The third kappa shape index (κ3) is 2.31. The lowest BCUT2D eigenvalue weighted by molar-refractivity contribution is -0.130. The van der Waals surface area contributed by atoms with Crippen LogP contribution in [0.15, 0.2) is 11.8 Å². The molecule has 0 bridgehead atoms. The van der Waals surface area contributed by atoms with Gasteiger partial charge in [-0.05, 0) is 25.3 Å². The number of carbonyl (C=O) groups excluding carboxylic acids is 1. The van der Waals surface area contributed by atoms with Crippen LogP contribution in [0.25, 0.3) is 0 Å². The van der Waals surface area contributed by atoms with E-state index in [1.54, 1.807) is 4.90 Å². The maximum Gasteiger partial charge on any atom is 0.288 e. The Labute approximate surface area is 89.5 Å². The van der Waals surface area contributed by atoms with Gasteiger partial charge in [0, 0.05) is 25.6 Å².